The Labute approximate surface area is 92.4 Å². The lowest BCUT2D eigenvalue weighted by Gasteiger charge is -2.43. The molecule has 0 radical (unpaired) electrons. The minimum absolute atomic E-state index is 0.0127. The average molecular weight is 214 g/mol. The van der Waals surface area contributed by atoms with E-state index >= 15 is 0 Å². The van der Waals surface area contributed by atoms with E-state index in [9.17, 15) is 0 Å². The largest absolute Gasteiger partial charge is 0.504 e. The van der Waals surface area contributed by atoms with Gasteiger partial charge in [-0.15, -0.1) is 0 Å². The van der Waals surface area contributed by atoms with E-state index in [0.29, 0.717) is 0 Å². The van der Waals surface area contributed by atoms with Crippen molar-refractivity contribution in [2.24, 2.45) is 5.41 Å². The van der Waals surface area contributed by atoms with Gasteiger partial charge in [-0.25, -0.2) is 0 Å². The third kappa shape index (κ3) is 2.52. The maximum atomic E-state index is 5.57. The van der Waals surface area contributed by atoms with Gasteiger partial charge in [0.05, 0.1) is 19.5 Å². The van der Waals surface area contributed by atoms with Crippen molar-refractivity contribution in [3.05, 3.63) is 11.8 Å². The van der Waals surface area contributed by atoms with Crippen molar-refractivity contribution in [2.75, 3.05) is 21.3 Å². The van der Waals surface area contributed by atoms with Crippen molar-refractivity contribution in [1.82, 2.24) is 0 Å². The Morgan fingerprint density at radius 1 is 1.20 bits per heavy atom. The Balaban J connectivity index is 2.90. The molecule has 1 fully saturated rings. The number of methoxy groups -OCH3 is 3. The van der Waals surface area contributed by atoms with Crippen LogP contribution in [0.4, 0.5) is 0 Å². The second kappa shape index (κ2) is 4.99. The van der Waals surface area contributed by atoms with Crippen LogP contribution in [0.5, 0.6) is 0 Å². The Bertz CT molecular complexity index is 233. The van der Waals surface area contributed by atoms with Crippen molar-refractivity contribution >= 4 is 0 Å². The molecule has 3 heteroatoms. The van der Waals surface area contributed by atoms with Gasteiger partial charge in [-0.2, -0.15) is 0 Å². The highest BCUT2D eigenvalue weighted by atomic mass is 16.5. The van der Waals surface area contributed by atoms with Gasteiger partial charge in [0.2, 0.25) is 0 Å². The summed E-state index contributed by atoms with van der Waals surface area (Å²) in [6.07, 6.45) is 4.01. The first kappa shape index (κ1) is 12.5. The van der Waals surface area contributed by atoms with Gasteiger partial charge in [-0.05, 0) is 23.8 Å². The van der Waals surface area contributed by atoms with Gasteiger partial charge >= 0.3 is 0 Å². The van der Waals surface area contributed by atoms with Gasteiger partial charge in [0, 0.05) is 14.2 Å². The summed E-state index contributed by atoms with van der Waals surface area (Å²) in [6.45, 7) is 4.44. The summed E-state index contributed by atoms with van der Waals surface area (Å²) in [5.74, 6) is 0. The number of hydrogen-bond donors (Lipinski definition) is 0. The van der Waals surface area contributed by atoms with Crippen LogP contribution in [-0.4, -0.2) is 33.5 Å². The van der Waals surface area contributed by atoms with Crippen LogP contribution in [0.25, 0.3) is 0 Å². The Kier molecular flexibility index (Phi) is 4.17. The normalized spacial score (nSPS) is 33.0. The van der Waals surface area contributed by atoms with Gasteiger partial charge in [0.25, 0.3) is 0 Å². The molecule has 1 aliphatic carbocycles. The molecule has 0 aromatic rings. The second-order valence-corrected chi connectivity index (χ2v) is 4.73. The molecule has 0 aliphatic heterocycles. The lowest BCUT2D eigenvalue weighted by molar-refractivity contribution is -0.0953. The van der Waals surface area contributed by atoms with E-state index in [1.165, 1.54) is 5.57 Å². The van der Waals surface area contributed by atoms with Crippen LogP contribution in [0, 0.1) is 5.41 Å². The smallest absolute Gasteiger partial charge is 0.108 e. The highest BCUT2D eigenvalue weighted by Gasteiger charge is 2.42. The van der Waals surface area contributed by atoms with Crippen LogP contribution in [0.3, 0.4) is 0 Å². The van der Waals surface area contributed by atoms with E-state index in [-0.39, 0.29) is 17.6 Å². The zero-order valence-corrected chi connectivity index (χ0v) is 10.4. The van der Waals surface area contributed by atoms with Crippen LogP contribution >= 0.6 is 0 Å². The SMILES string of the molecule is COC=C1CCC(C)(C)[C@H](OC)[C@@H]1OC. The fraction of sp³-hybridized carbons (Fsp3) is 0.833. The topological polar surface area (TPSA) is 27.7 Å². The summed E-state index contributed by atoms with van der Waals surface area (Å²) >= 11 is 0. The third-order valence-electron chi connectivity index (χ3n) is 3.25. The Morgan fingerprint density at radius 2 is 1.87 bits per heavy atom. The lowest BCUT2D eigenvalue weighted by Crippen LogP contribution is -2.46. The van der Waals surface area contributed by atoms with Crippen molar-refractivity contribution in [1.29, 1.82) is 0 Å². The maximum absolute atomic E-state index is 5.57. The zero-order valence-electron chi connectivity index (χ0n) is 10.4. The van der Waals surface area contributed by atoms with Crippen LogP contribution in [0.1, 0.15) is 26.7 Å². The second-order valence-electron chi connectivity index (χ2n) is 4.73. The van der Waals surface area contributed by atoms with Crippen molar-refractivity contribution in [3.8, 4) is 0 Å². The van der Waals surface area contributed by atoms with Crippen molar-refractivity contribution in [3.63, 3.8) is 0 Å². The molecule has 0 spiro atoms. The molecule has 1 saturated carbocycles. The minimum atomic E-state index is 0.0127. The summed E-state index contributed by atoms with van der Waals surface area (Å²) in [5.41, 5.74) is 1.34. The van der Waals surface area contributed by atoms with Gasteiger partial charge in [-0.3, -0.25) is 0 Å². The van der Waals surface area contributed by atoms with Gasteiger partial charge in [-0.1, -0.05) is 13.8 Å². The van der Waals surface area contributed by atoms with Gasteiger partial charge in [0.15, 0.2) is 0 Å². The monoisotopic (exact) mass is 214 g/mol. The summed E-state index contributed by atoms with van der Waals surface area (Å²) < 4.78 is 16.2. The van der Waals surface area contributed by atoms with E-state index in [1.807, 2.05) is 0 Å². The molecule has 0 aromatic carbocycles. The maximum Gasteiger partial charge on any atom is 0.108 e. The standard InChI is InChI=1S/C12H22O3/c1-12(2)7-6-9(8-13-3)10(14-4)11(12)15-5/h8,10-11H,6-7H2,1-5H3/t10-,11-/m1/s1. The number of rotatable bonds is 3. The van der Waals surface area contributed by atoms with Crippen LogP contribution in [0.15, 0.2) is 11.8 Å². The molecule has 0 N–H and O–H groups in total. The third-order valence-corrected chi connectivity index (χ3v) is 3.25. The van der Waals surface area contributed by atoms with Crippen LogP contribution in [-0.2, 0) is 14.2 Å². The Hall–Kier alpha value is -0.540. The number of ether oxygens (including phenoxy) is 3. The van der Waals surface area contributed by atoms with Gasteiger partial charge < -0.3 is 14.2 Å². The summed E-state index contributed by atoms with van der Waals surface area (Å²) in [6, 6.07) is 0. The highest BCUT2D eigenvalue weighted by molar-refractivity contribution is 5.15. The first-order chi connectivity index (χ1) is 7.06. The average Bonchev–Trinajstić information content (AvgIpc) is 2.20. The zero-order chi connectivity index (χ0) is 11.5. The highest BCUT2D eigenvalue weighted by Crippen LogP contribution is 2.41. The summed E-state index contributed by atoms with van der Waals surface area (Å²) in [7, 11) is 5.14. The summed E-state index contributed by atoms with van der Waals surface area (Å²) in [5, 5.41) is 0. The summed E-state index contributed by atoms with van der Waals surface area (Å²) in [4.78, 5) is 0. The Morgan fingerprint density at radius 3 is 2.33 bits per heavy atom. The van der Waals surface area contributed by atoms with Crippen molar-refractivity contribution in [2.45, 2.75) is 38.9 Å². The van der Waals surface area contributed by atoms with E-state index in [1.54, 1.807) is 27.6 Å². The molecule has 1 aliphatic rings. The molecule has 0 amide bonds. The predicted octanol–water partition coefficient (Wildman–Crippen LogP) is 2.37. The quantitative estimate of drug-likeness (QED) is 0.675. The van der Waals surface area contributed by atoms with Crippen LogP contribution < -0.4 is 0 Å². The first-order valence-corrected chi connectivity index (χ1v) is 5.34. The van der Waals surface area contributed by atoms with Gasteiger partial charge in [0.1, 0.15) is 6.10 Å². The van der Waals surface area contributed by atoms with Crippen LogP contribution in [0.2, 0.25) is 0 Å². The first-order valence-electron chi connectivity index (χ1n) is 5.34. The predicted molar refractivity (Wildman–Crippen MR) is 59.7 cm³/mol. The molecule has 0 heterocycles. The lowest BCUT2D eigenvalue weighted by atomic mass is 9.71. The molecular formula is C12H22O3. The van der Waals surface area contributed by atoms with E-state index in [2.05, 4.69) is 13.8 Å². The molecule has 0 unspecified atom stereocenters. The van der Waals surface area contributed by atoms with E-state index in [0.717, 1.165) is 12.8 Å². The fourth-order valence-electron chi connectivity index (χ4n) is 2.35. The van der Waals surface area contributed by atoms with Crippen molar-refractivity contribution < 1.29 is 14.2 Å². The molecule has 88 valence electrons. The molecule has 0 saturated heterocycles. The molecular weight excluding hydrogens is 192 g/mol. The van der Waals surface area contributed by atoms with E-state index in [4.69, 9.17) is 14.2 Å². The molecule has 2 atom stereocenters. The molecule has 15 heavy (non-hydrogen) atoms. The molecule has 3 nitrogen and oxygen atoms in total. The number of hydrogen-bond acceptors (Lipinski definition) is 3. The molecule has 0 aromatic heterocycles. The minimum Gasteiger partial charge on any atom is -0.504 e. The molecule has 1 rings (SSSR count). The van der Waals surface area contributed by atoms with E-state index < -0.39 is 0 Å². The fourth-order valence-corrected chi connectivity index (χ4v) is 2.35. The molecule has 0 bridgehead atoms.